The summed E-state index contributed by atoms with van der Waals surface area (Å²) in [6.07, 6.45) is 4.09. The molecule has 0 bridgehead atoms. The Kier molecular flexibility index (Phi) is 2.36. The van der Waals surface area contributed by atoms with Gasteiger partial charge in [0.25, 0.3) is 0 Å². The van der Waals surface area contributed by atoms with Gasteiger partial charge in [0.15, 0.2) is 5.69 Å². The van der Waals surface area contributed by atoms with Crippen molar-refractivity contribution in [3.8, 4) is 6.07 Å². The van der Waals surface area contributed by atoms with Gasteiger partial charge in [-0.15, -0.1) is 0 Å². The van der Waals surface area contributed by atoms with Crippen LogP contribution in [0.2, 0.25) is 0 Å². The maximum Gasteiger partial charge on any atom is 0.163 e. The highest BCUT2D eigenvalue weighted by Gasteiger charge is 2.22. The zero-order valence-corrected chi connectivity index (χ0v) is 8.27. The molecule has 0 amide bonds. The molecule has 1 unspecified atom stereocenters. The molecule has 3 heteroatoms. The van der Waals surface area contributed by atoms with Gasteiger partial charge >= 0.3 is 0 Å². The molecule has 2 rings (SSSR count). The van der Waals surface area contributed by atoms with Gasteiger partial charge in [-0.1, -0.05) is 0 Å². The van der Waals surface area contributed by atoms with Crippen molar-refractivity contribution in [1.29, 1.82) is 5.26 Å². The maximum atomic E-state index is 8.93. The summed E-state index contributed by atoms with van der Waals surface area (Å²) < 4.78 is 0. The molecule has 3 nitrogen and oxygen atoms in total. The summed E-state index contributed by atoms with van der Waals surface area (Å²) in [5.41, 5.74) is 1.53. The number of anilines is 1. The van der Waals surface area contributed by atoms with Crippen molar-refractivity contribution < 1.29 is 0 Å². The Morgan fingerprint density at radius 2 is 2.50 bits per heavy atom. The summed E-state index contributed by atoms with van der Waals surface area (Å²) in [5.74, 6) is 0. The fourth-order valence-corrected chi connectivity index (χ4v) is 2.01. The van der Waals surface area contributed by atoms with E-state index in [0.717, 1.165) is 12.2 Å². The number of aromatic nitrogens is 1. The minimum absolute atomic E-state index is 0.534. The normalized spacial score (nSPS) is 20.9. The topological polar surface area (TPSA) is 39.9 Å². The molecule has 1 aliphatic rings. The molecular weight excluding hydrogens is 174 g/mol. The molecule has 14 heavy (non-hydrogen) atoms. The number of pyridine rings is 1. The molecule has 2 heterocycles. The fraction of sp³-hybridized carbons (Fsp3) is 0.455. The highest BCUT2D eigenvalue weighted by Crippen LogP contribution is 2.26. The van der Waals surface area contributed by atoms with Gasteiger partial charge in [0.1, 0.15) is 6.07 Å². The zero-order valence-electron chi connectivity index (χ0n) is 8.27. The summed E-state index contributed by atoms with van der Waals surface area (Å²) in [6, 6.07) is 6.54. The minimum atomic E-state index is 0.534. The molecule has 0 saturated carbocycles. The van der Waals surface area contributed by atoms with Crippen LogP contribution in [0.3, 0.4) is 0 Å². The first kappa shape index (κ1) is 9.01. The number of hydrogen-bond acceptors (Lipinski definition) is 3. The van der Waals surface area contributed by atoms with E-state index >= 15 is 0 Å². The van der Waals surface area contributed by atoms with E-state index < -0.39 is 0 Å². The average Bonchev–Trinajstić information content (AvgIpc) is 2.64. The van der Waals surface area contributed by atoms with Crippen LogP contribution < -0.4 is 4.90 Å². The lowest BCUT2D eigenvalue weighted by molar-refractivity contribution is 0.733. The molecule has 0 radical (unpaired) electrons. The molecule has 1 aromatic rings. The monoisotopic (exact) mass is 187 g/mol. The molecule has 0 spiro atoms. The lowest BCUT2D eigenvalue weighted by Crippen LogP contribution is -2.27. The van der Waals surface area contributed by atoms with Crippen LogP contribution in [0, 0.1) is 11.3 Å². The second-order valence-corrected chi connectivity index (χ2v) is 3.67. The number of hydrogen-bond donors (Lipinski definition) is 0. The van der Waals surface area contributed by atoms with E-state index in [0.29, 0.717) is 11.7 Å². The largest absolute Gasteiger partial charge is 0.366 e. The third-order valence-corrected chi connectivity index (χ3v) is 2.75. The maximum absolute atomic E-state index is 8.93. The summed E-state index contributed by atoms with van der Waals surface area (Å²) in [4.78, 5) is 6.34. The van der Waals surface area contributed by atoms with Crippen molar-refractivity contribution in [2.75, 3.05) is 11.4 Å². The van der Waals surface area contributed by atoms with Gasteiger partial charge < -0.3 is 4.90 Å². The SMILES string of the molecule is CC1CCCN1c1cccnc1C#N. The van der Waals surface area contributed by atoms with Crippen molar-refractivity contribution in [1.82, 2.24) is 4.98 Å². The molecule has 72 valence electrons. The quantitative estimate of drug-likeness (QED) is 0.674. The molecule has 1 saturated heterocycles. The average molecular weight is 187 g/mol. The Morgan fingerprint density at radius 1 is 1.64 bits per heavy atom. The van der Waals surface area contributed by atoms with Crippen LogP contribution in [0.15, 0.2) is 18.3 Å². The Morgan fingerprint density at radius 3 is 3.14 bits per heavy atom. The van der Waals surface area contributed by atoms with E-state index in [-0.39, 0.29) is 0 Å². The molecule has 0 N–H and O–H groups in total. The summed E-state index contributed by atoms with van der Waals surface area (Å²) in [6.45, 7) is 3.24. The third-order valence-electron chi connectivity index (χ3n) is 2.75. The van der Waals surface area contributed by atoms with Gasteiger partial charge in [0.05, 0.1) is 5.69 Å². The molecule has 0 aliphatic carbocycles. The predicted octanol–water partition coefficient (Wildman–Crippen LogP) is 1.94. The molecule has 1 fully saturated rings. The number of nitriles is 1. The van der Waals surface area contributed by atoms with Gasteiger partial charge in [-0.3, -0.25) is 0 Å². The van der Waals surface area contributed by atoms with Gasteiger partial charge in [-0.2, -0.15) is 5.26 Å². The van der Waals surface area contributed by atoms with Crippen molar-refractivity contribution in [2.45, 2.75) is 25.8 Å². The van der Waals surface area contributed by atoms with Crippen LogP contribution >= 0.6 is 0 Å². The van der Waals surface area contributed by atoms with Gasteiger partial charge in [-0.05, 0) is 31.9 Å². The standard InChI is InChI=1S/C11H13N3/c1-9-4-3-7-14(9)11-5-2-6-13-10(11)8-12/h2,5-6,9H,3-4,7H2,1H3. The van der Waals surface area contributed by atoms with Gasteiger partial charge in [-0.25, -0.2) is 4.98 Å². The van der Waals surface area contributed by atoms with E-state index in [9.17, 15) is 0 Å². The van der Waals surface area contributed by atoms with Gasteiger partial charge in [0.2, 0.25) is 0 Å². The zero-order chi connectivity index (χ0) is 9.97. The summed E-state index contributed by atoms with van der Waals surface area (Å²) in [7, 11) is 0. The van der Waals surface area contributed by atoms with Crippen LogP contribution in [-0.2, 0) is 0 Å². The van der Waals surface area contributed by atoms with E-state index in [1.807, 2.05) is 12.1 Å². The van der Waals surface area contributed by atoms with Crippen LogP contribution in [0.5, 0.6) is 0 Å². The highest BCUT2D eigenvalue weighted by molar-refractivity contribution is 5.56. The van der Waals surface area contributed by atoms with Crippen molar-refractivity contribution in [2.24, 2.45) is 0 Å². The van der Waals surface area contributed by atoms with Gasteiger partial charge in [0, 0.05) is 18.8 Å². The van der Waals surface area contributed by atoms with E-state index in [2.05, 4.69) is 22.9 Å². The lowest BCUT2D eigenvalue weighted by Gasteiger charge is -2.23. The Bertz CT molecular complexity index is 367. The van der Waals surface area contributed by atoms with Crippen molar-refractivity contribution >= 4 is 5.69 Å². The highest BCUT2D eigenvalue weighted by atomic mass is 15.2. The molecule has 1 aromatic heterocycles. The smallest absolute Gasteiger partial charge is 0.163 e. The first-order valence-electron chi connectivity index (χ1n) is 4.94. The van der Waals surface area contributed by atoms with Crippen LogP contribution in [0.25, 0.3) is 0 Å². The number of rotatable bonds is 1. The summed E-state index contributed by atoms with van der Waals surface area (Å²) >= 11 is 0. The van der Waals surface area contributed by atoms with Crippen molar-refractivity contribution in [3.63, 3.8) is 0 Å². The van der Waals surface area contributed by atoms with Crippen LogP contribution in [-0.4, -0.2) is 17.6 Å². The fourth-order valence-electron chi connectivity index (χ4n) is 2.01. The number of nitrogens with zero attached hydrogens (tertiary/aromatic N) is 3. The second kappa shape index (κ2) is 3.67. The van der Waals surface area contributed by atoms with Crippen molar-refractivity contribution in [3.05, 3.63) is 24.0 Å². The first-order chi connectivity index (χ1) is 6.83. The lowest BCUT2D eigenvalue weighted by atomic mass is 10.2. The second-order valence-electron chi connectivity index (χ2n) is 3.67. The predicted molar refractivity (Wildman–Crippen MR) is 55.0 cm³/mol. The van der Waals surface area contributed by atoms with E-state index in [1.54, 1.807) is 6.20 Å². The Hall–Kier alpha value is -1.56. The minimum Gasteiger partial charge on any atom is -0.366 e. The molecule has 1 atom stereocenters. The molecule has 0 aromatic carbocycles. The van der Waals surface area contributed by atoms with Crippen LogP contribution in [0.1, 0.15) is 25.5 Å². The third kappa shape index (κ3) is 1.44. The summed E-state index contributed by atoms with van der Waals surface area (Å²) in [5, 5.41) is 8.93. The van der Waals surface area contributed by atoms with Crippen LogP contribution in [0.4, 0.5) is 5.69 Å². The first-order valence-corrected chi connectivity index (χ1v) is 4.94. The Balaban J connectivity index is 2.36. The molecular formula is C11H13N3. The molecule has 1 aliphatic heterocycles. The van der Waals surface area contributed by atoms with E-state index in [1.165, 1.54) is 12.8 Å². The Labute approximate surface area is 84.0 Å². The van der Waals surface area contributed by atoms with E-state index in [4.69, 9.17) is 5.26 Å².